The van der Waals surface area contributed by atoms with Crippen molar-refractivity contribution in [2.45, 2.75) is 0 Å². The van der Waals surface area contributed by atoms with Crippen molar-refractivity contribution in [1.29, 1.82) is 0 Å². The summed E-state index contributed by atoms with van der Waals surface area (Å²) in [7, 11) is 0.598. The van der Waals surface area contributed by atoms with Crippen molar-refractivity contribution in [2.24, 2.45) is 0 Å². The van der Waals surface area contributed by atoms with Crippen LogP contribution in [-0.2, 0) is 10.3 Å². The average molecular weight is 231 g/mol. The van der Waals surface area contributed by atoms with Crippen LogP contribution in [0.2, 0.25) is 0 Å². The second kappa shape index (κ2) is 4.50. The van der Waals surface area contributed by atoms with Gasteiger partial charge in [-0.25, -0.2) is 0 Å². The third kappa shape index (κ3) is 3.10. The number of nitrogens with zero attached hydrogens (tertiary/aromatic N) is 1. The fraction of sp³-hybridized carbons (Fsp3) is 0.333. The topological polar surface area (TPSA) is 55.8 Å². The molecular weight excluding hydrogens is 218 g/mol. The Bertz CT molecular complexity index is 427. The van der Waals surface area contributed by atoms with Crippen LogP contribution in [0.25, 0.3) is 0 Å². The summed E-state index contributed by atoms with van der Waals surface area (Å²) >= 11 is 0. The van der Waals surface area contributed by atoms with Crippen molar-refractivity contribution < 1.29 is 17.3 Å². The summed E-state index contributed by atoms with van der Waals surface area (Å²) in [6.45, 7) is 0. The van der Waals surface area contributed by atoms with Crippen LogP contribution < -0.4 is 8.92 Å². The van der Waals surface area contributed by atoms with Gasteiger partial charge in [0.25, 0.3) is 0 Å². The van der Waals surface area contributed by atoms with Crippen LogP contribution >= 0.6 is 0 Å². The molecule has 1 aromatic rings. The molecule has 0 radical (unpaired) electrons. The molecule has 0 aliphatic rings. The van der Waals surface area contributed by atoms with Crippen LogP contribution in [-0.4, -0.2) is 33.9 Å². The Hall–Kier alpha value is -1.27. The van der Waals surface area contributed by atoms with Gasteiger partial charge < -0.3 is 8.92 Å². The lowest BCUT2D eigenvalue weighted by atomic mass is 10.3. The van der Waals surface area contributed by atoms with Gasteiger partial charge in [-0.05, 0) is 12.1 Å². The predicted octanol–water partition coefficient (Wildman–Crippen LogP) is 0.880. The van der Waals surface area contributed by atoms with E-state index < -0.39 is 10.3 Å². The van der Waals surface area contributed by atoms with Crippen molar-refractivity contribution in [3.63, 3.8) is 0 Å². The highest BCUT2D eigenvalue weighted by atomic mass is 32.2. The summed E-state index contributed by atoms with van der Waals surface area (Å²) in [5, 5.41) is 0. The lowest BCUT2D eigenvalue weighted by molar-refractivity contribution is 0.405. The third-order valence-electron chi connectivity index (χ3n) is 1.69. The zero-order valence-corrected chi connectivity index (χ0v) is 9.61. The van der Waals surface area contributed by atoms with Gasteiger partial charge in [0.05, 0.1) is 7.11 Å². The van der Waals surface area contributed by atoms with Gasteiger partial charge in [-0.3, -0.25) is 0 Å². The second-order valence-corrected chi connectivity index (χ2v) is 4.75. The number of rotatable bonds is 4. The molecule has 0 aromatic heterocycles. The maximum atomic E-state index is 11.4. The monoisotopic (exact) mass is 231 g/mol. The Labute approximate surface area is 89.5 Å². The van der Waals surface area contributed by atoms with E-state index in [0.717, 1.165) is 4.31 Å². The maximum Gasteiger partial charge on any atom is 0.384 e. The first-order chi connectivity index (χ1) is 6.95. The van der Waals surface area contributed by atoms with Gasteiger partial charge >= 0.3 is 10.3 Å². The van der Waals surface area contributed by atoms with E-state index in [9.17, 15) is 8.42 Å². The summed E-state index contributed by atoms with van der Waals surface area (Å²) in [5.74, 6) is 0.768. The van der Waals surface area contributed by atoms with Gasteiger partial charge in [0.2, 0.25) is 0 Å². The van der Waals surface area contributed by atoms with Gasteiger partial charge in [-0.2, -0.15) is 12.7 Å². The zero-order valence-electron chi connectivity index (χ0n) is 8.80. The molecule has 0 bridgehead atoms. The summed E-state index contributed by atoms with van der Waals surface area (Å²) in [6.07, 6.45) is 0. The number of hydrogen-bond acceptors (Lipinski definition) is 4. The van der Waals surface area contributed by atoms with E-state index in [2.05, 4.69) is 0 Å². The molecule has 0 aliphatic carbocycles. The lowest BCUT2D eigenvalue weighted by Crippen LogP contribution is -2.26. The molecule has 0 spiro atoms. The fourth-order valence-electron chi connectivity index (χ4n) is 0.849. The molecule has 84 valence electrons. The van der Waals surface area contributed by atoms with E-state index in [1.807, 2.05) is 0 Å². The van der Waals surface area contributed by atoms with E-state index in [4.69, 9.17) is 8.92 Å². The van der Waals surface area contributed by atoms with Crippen LogP contribution in [0.5, 0.6) is 11.5 Å². The Morgan fingerprint density at radius 3 is 2.33 bits per heavy atom. The molecule has 0 saturated heterocycles. The van der Waals surface area contributed by atoms with Crippen LogP contribution in [0.3, 0.4) is 0 Å². The molecule has 0 unspecified atom stereocenters. The standard InChI is InChI=1S/C9H13NO4S/c1-10(2)15(11,12)14-9-6-4-5-8(7-9)13-3/h4-7H,1-3H3. The Morgan fingerprint density at radius 1 is 1.20 bits per heavy atom. The fourth-order valence-corrected chi connectivity index (χ4v) is 1.35. The van der Waals surface area contributed by atoms with Gasteiger partial charge in [0.1, 0.15) is 11.5 Å². The first-order valence-electron chi connectivity index (χ1n) is 4.21. The number of hydrogen-bond donors (Lipinski definition) is 0. The third-order valence-corrected chi connectivity index (χ3v) is 2.99. The highest BCUT2D eigenvalue weighted by Crippen LogP contribution is 2.20. The molecule has 0 N–H and O–H groups in total. The van der Waals surface area contributed by atoms with Gasteiger partial charge in [0.15, 0.2) is 0 Å². The number of methoxy groups -OCH3 is 1. The quantitative estimate of drug-likeness (QED) is 0.772. The first kappa shape index (κ1) is 11.8. The largest absolute Gasteiger partial charge is 0.497 e. The molecule has 0 fully saturated rings. The van der Waals surface area contributed by atoms with E-state index in [-0.39, 0.29) is 5.75 Å². The molecular formula is C9H13NO4S. The molecule has 15 heavy (non-hydrogen) atoms. The summed E-state index contributed by atoms with van der Waals surface area (Å²) in [4.78, 5) is 0. The van der Waals surface area contributed by atoms with Crippen molar-refractivity contribution in [2.75, 3.05) is 21.2 Å². The van der Waals surface area contributed by atoms with E-state index >= 15 is 0 Å². The number of ether oxygens (including phenoxy) is 1. The molecule has 0 heterocycles. The van der Waals surface area contributed by atoms with Gasteiger partial charge in [0, 0.05) is 20.2 Å². The minimum absolute atomic E-state index is 0.225. The summed E-state index contributed by atoms with van der Waals surface area (Å²) < 4.78 is 33.5. The number of benzene rings is 1. The van der Waals surface area contributed by atoms with Crippen LogP contribution in [0.15, 0.2) is 24.3 Å². The molecule has 1 aromatic carbocycles. The molecule has 0 aliphatic heterocycles. The minimum atomic E-state index is -3.70. The smallest absolute Gasteiger partial charge is 0.384 e. The maximum absolute atomic E-state index is 11.4. The zero-order chi connectivity index (χ0) is 11.5. The summed E-state index contributed by atoms with van der Waals surface area (Å²) in [6, 6.07) is 6.40. The molecule has 1 rings (SSSR count). The normalized spacial score (nSPS) is 11.5. The van der Waals surface area contributed by atoms with Crippen LogP contribution in [0.4, 0.5) is 0 Å². The van der Waals surface area contributed by atoms with Crippen molar-refractivity contribution in [3.8, 4) is 11.5 Å². The molecule has 0 amide bonds. The van der Waals surface area contributed by atoms with Crippen molar-refractivity contribution >= 4 is 10.3 Å². The van der Waals surface area contributed by atoms with E-state index in [0.29, 0.717) is 5.75 Å². The predicted molar refractivity (Wildman–Crippen MR) is 56.2 cm³/mol. The van der Waals surface area contributed by atoms with E-state index in [1.165, 1.54) is 27.3 Å². The van der Waals surface area contributed by atoms with Gasteiger partial charge in [-0.15, -0.1) is 0 Å². The average Bonchev–Trinajstić information content (AvgIpc) is 2.17. The Kier molecular flexibility index (Phi) is 3.54. The first-order valence-corrected chi connectivity index (χ1v) is 5.58. The van der Waals surface area contributed by atoms with Crippen LogP contribution in [0.1, 0.15) is 0 Å². The summed E-state index contributed by atoms with van der Waals surface area (Å²) in [5.41, 5.74) is 0. The van der Waals surface area contributed by atoms with Crippen molar-refractivity contribution in [3.05, 3.63) is 24.3 Å². The van der Waals surface area contributed by atoms with Crippen LogP contribution in [0, 0.1) is 0 Å². The highest BCUT2D eigenvalue weighted by molar-refractivity contribution is 7.84. The second-order valence-electron chi connectivity index (χ2n) is 3.00. The lowest BCUT2D eigenvalue weighted by Gasteiger charge is -2.12. The van der Waals surface area contributed by atoms with Gasteiger partial charge in [-0.1, -0.05) is 6.07 Å². The SMILES string of the molecule is COc1cccc(OS(=O)(=O)N(C)C)c1. The highest BCUT2D eigenvalue weighted by Gasteiger charge is 2.15. The molecule has 0 atom stereocenters. The molecule has 6 heteroatoms. The Morgan fingerprint density at radius 2 is 1.80 bits per heavy atom. The van der Waals surface area contributed by atoms with Crippen molar-refractivity contribution in [1.82, 2.24) is 4.31 Å². The molecule has 5 nitrogen and oxygen atoms in total. The van der Waals surface area contributed by atoms with E-state index in [1.54, 1.807) is 18.2 Å². The molecule has 0 saturated carbocycles. The minimum Gasteiger partial charge on any atom is -0.497 e. The Balaban J connectivity index is 2.90.